The van der Waals surface area contributed by atoms with Crippen LogP contribution in [-0.4, -0.2) is 17.8 Å². The van der Waals surface area contributed by atoms with Crippen LogP contribution in [0.5, 0.6) is 0 Å². The van der Waals surface area contributed by atoms with Crippen LogP contribution in [0.4, 0.5) is 8.78 Å². The van der Waals surface area contributed by atoms with Crippen molar-refractivity contribution in [2.45, 2.75) is 19.5 Å². The molecule has 0 fully saturated rings. The molecule has 0 unspecified atom stereocenters. The average Bonchev–Trinajstić information content (AvgIpc) is 2.16. The highest BCUT2D eigenvalue weighted by atomic mass is 19.1. The average molecular weight is 201 g/mol. The van der Waals surface area contributed by atoms with Crippen molar-refractivity contribution in [3.8, 4) is 0 Å². The Morgan fingerprint density at radius 3 is 2.71 bits per heavy atom. The lowest BCUT2D eigenvalue weighted by Gasteiger charge is -2.10. The summed E-state index contributed by atoms with van der Waals surface area (Å²) in [6.45, 7) is 2.05. The number of hydrogen-bond acceptors (Lipinski definition) is 2. The summed E-state index contributed by atoms with van der Waals surface area (Å²) in [5.41, 5.74) is 0.395. The van der Waals surface area contributed by atoms with Gasteiger partial charge in [-0.1, -0.05) is 6.07 Å². The minimum absolute atomic E-state index is 0.0111. The predicted molar refractivity (Wildman–Crippen MR) is 49.7 cm³/mol. The lowest BCUT2D eigenvalue weighted by molar-refractivity contribution is 0.250. The first kappa shape index (κ1) is 11.1. The minimum Gasteiger partial charge on any atom is -0.395 e. The zero-order chi connectivity index (χ0) is 10.6. The molecule has 78 valence electrons. The molecule has 2 N–H and O–H groups in total. The van der Waals surface area contributed by atoms with Crippen molar-refractivity contribution in [3.05, 3.63) is 35.4 Å². The maximum Gasteiger partial charge on any atom is 0.130 e. The van der Waals surface area contributed by atoms with Gasteiger partial charge < -0.3 is 10.4 Å². The van der Waals surface area contributed by atoms with Gasteiger partial charge in [0.2, 0.25) is 0 Å². The molecule has 0 bridgehead atoms. The first-order valence-corrected chi connectivity index (χ1v) is 4.41. The molecular formula is C10H13F2NO. The molecule has 0 aliphatic rings. The number of rotatable bonds is 4. The summed E-state index contributed by atoms with van der Waals surface area (Å²) in [6, 6.07) is 3.35. The molecule has 1 aromatic rings. The summed E-state index contributed by atoms with van der Waals surface area (Å²) < 4.78 is 25.6. The Kier molecular flexibility index (Phi) is 3.98. The maximum atomic E-state index is 13.1. The molecule has 0 saturated heterocycles. The summed E-state index contributed by atoms with van der Waals surface area (Å²) >= 11 is 0. The second-order valence-corrected chi connectivity index (χ2v) is 3.20. The predicted octanol–water partition coefficient (Wildman–Crippen LogP) is 1.44. The van der Waals surface area contributed by atoms with Gasteiger partial charge in [0, 0.05) is 24.2 Å². The van der Waals surface area contributed by atoms with Crippen molar-refractivity contribution in [3.63, 3.8) is 0 Å². The largest absolute Gasteiger partial charge is 0.395 e. The molecule has 0 aliphatic carbocycles. The van der Waals surface area contributed by atoms with Crippen LogP contribution in [0.15, 0.2) is 18.2 Å². The van der Waals surface area contributed by atoms with E-state index in [4.69, 9.17) is 5.11 Å². The van der Waals surface area contributed by atoms with Gasteiger partial charge in [0.25, 0.3) is 0 Å². The maximum absolute atomic E-state index is 13.1. The minimum atomic E-state index is -0.582. The molecular weight excluding hydrogens is 188 g/mol. The summed E-state index contributed by atoms with van der Waals surface area (Å²) in [5, 5.41) is 11.6. The number of hydrogen-bond donors (Lipinski definition) is 2. The van der Waals surface area contributed by atoms with Crippen LogP contribution in [0.2, 0.25) is 0 Å². The van der Waals surface area contributed by atoms with E-state index >= 15 is 0 Å². The lowest BCUT2D eigenvalue weighted by Crippen LogP contribution is -2.28. The molecule has 0 amide bonds. The molecule has 4 heteroatoms. The van der Waals surface area contributed by atoms with Gasteiger partial charge in [-0.05, 0) is 13.0 Å². The highest BCUT2D eigenvalue weighted by Gasteiger charge is 2.04. The van der Waals surface area contributed by atoms with Gasteiger partial charge in [-0.25, -0.2) is 8.78 Å². The molecule has 0 radical (unpaired) electrons. The molecule has 14 heavy (non-hydrogen) atoms. The molecule has 2 nitrogen and oxygen atoms in total. The number of aliphatic hydroxyl groups is 1. The number of aliphatic hydroxyl groups excluding tert-OH is 1. The van der Waals surface area contributed by atoms with Gasteiger partial charge in [-0.3, -0.25) is 0 Å². The Hall–Kier alpha value is -1.00. The highest BCUT2D eigenvalue weighted by molar-refractivity contribution is 5.18. The van der Waals surface area contributed by atoms with E-state index in [9.17, 15) is 8.78 Å². The van der Waals surface area contributed by atoms with Crippen LogP contribution in [0, 0.1) is 11.6 Å². The van der Waals surface area contributed by atoms with Gasteiger partial charge >= 0.3 is 0 Å². The molecule has 0 saturated carbocycles. The third-order valence-electron chi connectivity index (χ3n) is 1.93. The molecule has 1 aromatic carbocycles. The van der Waals surface area contributed by atoms with E-state index in [0.29, 0.717) is 5.56 Å². The van der Waals surface area contributed by atoms with E-state index in [0.717, 1.165) is 6.07 Å². The summed E-state index contributed by atoms with van der Waals surface area (Å²) in [7, 11) is 0. The second kappa shape index (κ2) is 5.02. The standard InChI is InChI=1S/C10H13F2NO/c1-7(6-14)13-5-8-2-3-9(11)4-10(8)12/h2-4,7,13-14H,5-6H2,1H3/t7-/m1/s1. The Morgan fingerprint density at radius 2 is 2.14 bits per heavy atom. The highest BCUT2D eigenvalue weighted by Crippen LogP contribution is 2.09. The smallest absolute Gasteiger partial charge is 0.130 e. The molecule has 1 rings (SSSR count). The third kappa shape index (κ3) is 3.05. The summed E-state index contributed by atoms with van der Waals surface area (Å²) in [6.07, 6.45) is 0. The quantitative estimate of drug-likeness (QED) is 0.772. The lowest BCUT2D eigenvalue weighted by atomic mass is 10.2. The van der Waals surface area contributed by atoms with Gasteiger partial charge in [0.05, 0.1) is 6.61 Å². The van der Waals surface area contributed by atoms with Gasteiger partial charge in [-0.2, -0.15) is 0 Å². The second-order valence-electron chi connectivity index (χ2n) is 3.20. The SMILES string of the molecule is C[C@H](CO)NCc1ccc(F)cc1F. The van der Waals surface area contributed by atoms with Gasteiger partial charge in [0.1, 0.15) is 11.6 Å². The van der Waals surface area contributed by atoms with Crippen LogP contribution in [0.3, 0.4) is 0 Å². The van der Waals surface area contributed by atoms with Crippen molar-refractivity contribution in [1.29, 1.82) is 0 Å². The van der Waals surface area contributed by atoms with Crippen molar-refractivity contribution in [2.24, 2.45) is 0 Å². The Labute approximate surface area is 81.6 Å². The first-order chi connectivity index (χ1) is 6.63. The monoisotopic (exact) mass is 201 g/mol. The first-order valence-electron chi connectivity index (χ1n) is 4.41. The number of halogens is 2. The van der Waals surface area contributed by atoms with E-state index in [2.05, 4.69) is 5.32 Å². The van der Waals surface area contributed by atoms with Crippen molar-refractivity contribution in [1.82, 2.24) is 5.32 Å². The Bertz CT molecular complexity index is 304. The van der Waals surface area contributed by atoms with E-state index < -0.39 is 11.6 Å². The summed E-state index contributed by atoms with van der Waals surface area (Å²) in [4.78, 5) is 0. The zero-order valence-electron chi connectivity index (χ0n) is 7.93. The molecule has 0 aliphatic heterocycles. The van der Waals surface area contributed by atoms with E-state index in [1.165, 1.54) is 12.1 Å². The van der Waals surface area contributed by atoms with E-state index in [1.807, 2.05) is 0 Å². The topological polar surface area (TPSA) is 32.3 Å². The normalized spacial score (nSPS) is 12.9. The number of benzene rings is 1. The Balaban J connectivity index is 2.59. The van der Waals surface area contributed by atoms with Crippen molar-refractivity contribution in [2.75, 3.05) is 6.61 Å². The third-order valence-corrected chi connectivity index (χ3v) is 1.93. The van der Waals surface area contributed by atoms with E-state index in [1.54, 1.807) is 6.92 Å². The number of nitrogens with one attached hydrogen (secondary N) is 1. The zero-order valence-corrected chi connectivity index (χ0v) is 7.93. The molecule has 0 heterocycles. The fraction of sp³-hybridized carbons (Fsp3) is 0.400. The van der Waals surface area contributed by atoms with Crippen LogP contribution in [-0.2, 0) is 6.54 Å². The van der Waals surface area contributed by atoms with Crippen LogP contribution in [0.1, 0.15) is 12.5 Å². The van der Waals surface area contributed by atoms with Crippen LogP contribution < -0.4 is 5.32 Å². The van der Waals surface area contributed by atoms with E-state index in [-0.39, 0.29) is 19.2 Å². The van der Waals surface area contributed by atoms with Crippen molar-refractivity contribution >= 4 is 0 Å². The van der Waals surface area contributed by atoms with Crippen LogP contribution in [0.25, 0.3) is 0 Å². The molecule has 0 aromatic heterocycles. The van der Waals surface area contributed by atoms with Crippen molar-refractivity contribution < 1.29 is 13.9 Å². The molecule has 1 atom stereocenters. The van der Waals surface area contributed by atoms with Crippen LogP contribution >= 0.6 is 0 Å². The van der Waals surface area contributed by atoms with Gasteiger partial charge in [-0.15, -0.1) is 0 Å². The summed E-state index contributed by atoms with van der Waals surface area (Å²) in [5.74, 6) is -1.15. The van der Waals surface area contributed by atoms with Gasteiger partial charge in [0.15, 0.2) is 0 Å². The fourth-order valence-electron chi connectivity index (χ4n) is 1.01. The molecule has 0 spiro atoms. The Morgan fingerprint density at radius 1 is 1.43 bits per heavy atom. The fourth-order valence-corrected chi connectivity index (χ4v) is 1.01.